The molecule has 9 nitrogen and oxygen atoms in total. The number of carbonyl (C=O) groups excluding carboxylic acids is 1. The maximum atomic E-state index is 12.0. The molecule has 0 aromatic carbocycles. The van der Waals surface area contributed by atoms with Crippen LogP contribution in [0, 0.1) is 6.92 Å². The van der Waals surface area contributed by atoms with Crippen molar-refractivity contribution >= 4 is 5.97 Å². The molecule has 0 saturated heterocycles. The van der Waals surface area contributed by atoms with Gasteiger partial charge in [-0.15, -0.1) is 0 Å². The maximum absolute atomic E-state index is 12.0. The van der Waals surface area contributed by atoms with Crippen molar-refractivity contribution in [3.8, 4) is 22.8 Å². The minimum Gasteiger partial charge on any atom is -0.465 e. The Morgan fingerprint density at radius 2 is 2.08 bits per heavy atom. The second-order valence-corrected chi connectivity index (χ2v) is 5.60. The van der Waals surface area contributed by atoms with Gasteiger partial charge in [0.1, 0.15) is 22.9 Å². The van der Waals surface area contributed by atoms with Crippen molar-refractivity contribution in [2.24, 2.45) is 0 Å². The molecule has 130 valence electrons. The van der Waals surface area contributed by atoms with Gasteiger partial charge in [-0.25, -0.2) is 19.9 Å². The van der Waals surface area contributed by atoms with E-state index < -0.39 is 5.97 Å². The molecule has 0 radical (unpaired) electrons. The highest BCUT2D eigenvalue weighted by Gasteiger charge is 2.22. The molecule has 0 aliphatic carbocycles. The number of H-pyrrole nitrogens is 1. The van der Waals surface area contributed by atoms with Gasteiger partial charge in [-0.1, -0.05) is 0 Å². The van der Waals surface area contributed by atoms with E-state index in [0.717, 1.165) is 5.82 Å². The Labute approximate surface area is 147 Å². The lowest BCUT2D eigenvalue weighted by Gasteiger charge is -2.12. The van der Waals surface area contributed by atoms with Gasteiger partial charge in [-0.2, -0.15) is 5.10 Å². The molecule has 0 spiro atoms. The third-order valence-corrected chi connectivity index (χ3v) is 4.07. The molecule has 0 unspecified atom stereocenters. The van der Waals surface area contributed by atoms with E-state index in [0.29, 0.717) is 17.1 Å². The van der Waals surface area contributed by atoms with Crippen molar-refractivity contribution < 1.29 is 9.53 Å². The highest BCUT2D eigenvalue weighted by Crippen LogP contribution is 2.23. The van der Waals surface area contributed by atoms with E-state index in [1.165, 1.54) is 7.11 Å². The maximum Gasteiger partial charge on any atom is 0.341 e. The summed E-state index contributed by atoms with van der Waals surface area (Å²) in [4.78, 5) is 32.6. The van der Waals surface area contributed by atoms with Crippen LogP contribution in [0.4, 0.5) is 0 Å². The predicted molar refractivity (Wildman–Crippen MR) is 91.8 cm³/mol. The highest BCUT2D eigenvalue weighted by molar-refractivity contribution is 5.96. The summed E-state index contributed by atoms with van der Waals surface area (Å²) in [5.41, 5.74) is 1.06. The van der Waals surface area contributed by atoms with E-state index >= 15 is 0 Å². The Kier molecular flexibility index (Phi) is 3.61. The molecule has 26 heavy (non-hydrogen) atoms. The van der Waals surface area contributed by atoms with Crippen LogP contribution in [0.2, 0.25) is 0 Å². The van der Waals surface area contributed by atoms with E-state index in [4.69, 9.17) is 4.74 Å². The molecule has 2 aromatic heterocycles. The number of rotatable bonds is 3. The number of ether oxygens (including phenoxy) is 1. The standard InChI is InChI=1S/C17H14N6O3/c1-10-18-5-6-23(10)14-4-3-11(7-19-14)22-8-12-15(20-21-16(12)24)13(9-22)17(25)26-2/h3-9H,1-2H3,(H,21,24). The molecule has 2 aliphatic heterocycles. The number of aromatic nitrogens is 6. The number of fused-ring (bicyclic) bond motifs is 1. The zero-order valence-corrected chi connectivity index (χ0v) is 14.0. The number of esters is 1. The van der Waals surface area contributed by atoms with Crippen LogP contribution in [-0.2, 0) is 4.74 Å². The Morgan fingerprint density at radius 1 is 1.23 bits per heavy atom. The van der Waals surface area contributed by atoms with Crippen LogP contribution in [-0.4, -0.2) is 42.4 Å². The number of methoxy groups -OCH3 is 1. The fourth-order valence-electron chi connectivity index (χ4n) is 2.74. The smallest absolute Gasteiger partial charge is 0.341 e. The van der Waals surface area contributed by atoms with Gasteiger partial charge in [0.05, 0.1) is 24.6 Å². The van der Waals surface area contributed by atoms with Crippen molar-refractivity contribution in [2.75, 3.05) is 7.11 Å². The highest BCUT2D eigenvalue weighted by atomic mass is 16.5. The summed E-state index contributed by atoms with van der Waals surface area (Å²) in [6.45, 7) is 1.88. The number of pyridine rings is 2. The van der Waals surface area contributed by atoms with Crippen LogP contribution >= 0.6 is 0 Å². The van der Waals surface area contributed by atoms with Crippen molar-refractivity contribution in [1.29, 1.82) is 0 Å². The van der Waals surface area contributed by atoms with Crippen LogP contribution in [0.15, 0.2) is 47.9 Å². The Balaban J connectivity index is 1.83. The van der Waals surface area contributed by atoms with Gasteiger partial charge in [-0.05, 0) is 19.1 Å². The summed E-state index contributed by atoms with van der Waals surface area (Å²) in [6.07, 6.45) is 8.33. The van der Waals surface area contributed by atoms with Crippen LogP contribution in [0.3, 0.4) is 0 Å². The molecule has 0 atom stereocenters. The van der Waals surface area contributed by atoms with Crippen LogP contribution in [0.1, 0.15) is 16.2 Å². The van der Waals surface area contributed by atoms with Gasteiger partial charge in [0, 0.05) is 24.8 Å². The zero-order chi connectivity index (χ0) is 18.3. The fraction of sp³-hybridized carbons (Fsp3) is 0.118. The third kappa shape index (κ3) is 2.46. The number of aromatic amines is 1. The van der Waals surface area contributed by atoms with Crippen LogP contribution < -0.4 is 5.56 Å². The van der Waals surface area contributed by atoms with Gasteiger partial charge in [0.25, 0.3) is 5.56 Å². The molecular weight excluding hydrogens is 336 g/mol. The predicted octanol–water partition coefficient (Wildman–Crippen LogP) is 1.34. The third-order valence-electron chi connectivity index (χ3n) is 4.07. The number of imidazole rings is 1. The molecule has 9 heteroatoms. The zero-order valence-electron chi connectivity index (χ0n) is 14.0. The summed E-state index contributed by atoms with van der Waals surface area (Å²) in [5, 5.41) is 6.26. The molecule has 4 heterocycles. The average molecular weight is 350 g/mol. The summed E-state index contributed by atoms with van der Waals surface area (Å²) < 4.78 is 8.28. The SMILES string of the molecule is COC(=O)c1cn(-c2ccc(-n3ccnc3C)nc2)cc2c(=O)[nH]nc1-2. The summed E-state index contributed by atoms with van der Waals surface area (Å²) in [7, 11) is 1.28. The number of nitrogens with one attached hydrogen (secondary N) is 1. The van der Waals surface area contributed by atoms with E-state index in [1.54, 1.807) is 29.4 Å². The first-order valence-electron chi connectivity index (χ1n) is 7.74. The number of aryl methyl sites for hydroxylation is 1. The lowest BCUT2D eigenvalue weighted by molar-refractivity contribution is 0.0600. The molecule has 0 amide bonds. The molecule has 2 aromatic rings. The van der Waals surface area contributed by atoms with Gasteiger partial charge in [-0.3, -0.25) is 9.36 Å². The van der Waals surface area contributed by atoms with Gasteiger partial charge in [0.2, 0.25) is 0 Å². The van der Waals surface area contributed by atoms with Gasteiger partial charge >= 0.3 is 5.97 Å². The Hall–Kier alpha value is -3.75. The largest absolute Gasteiger partial charge is 0.465 e. The minimum absolute atomic E-state index is 0.192. The molecule has 0 bridgehead atoms. The Bertz CT molecular complexity index is 1120. The molecule has 0 saturated carbocycles. The number of hydrogen-bond acceptors (Lipinski definition) is 6. The van der Waals surface area contributed by atoms with Crippen molar-refractivity contribution in [1.82, 2.24) is 29.3 Å². The second kappa shape index (κ2) is 5.96. The molecule has 4 rings (SSSR count). The first-order chi connectivity index (χ1) is 12.6. The fourth-order valence-corrected chi connectivity index (χ4v) is 2.74. The topological polar surface area (TPSA) is 108 Å². The summed E-state index contributed by atoms with van der Waals surface area (Å²) in [6, 6.07) is 3.66. The minimum atomic E-state index is -0.575. The van der Waals surface area contributed by atoms with E-state index in [1.807, 2.05) is 29.8 Å². The van der Waals surface area contributed by atoms with E-state index in [-0.39, 0.29) is 16.8 Å². The van der Waals surface area contributed by atoms with Crippen molar-refractivity contribution in [3.05, 3.63) is 64.9 Å². The Morgan fingerprint density at radius 3 is 2.73 bits per heavy atom. The quantitative estimate of drug-likeness (QED) is 0.559. The number of carbonyl (C=O) groups is 1. The number of nitrogens with zero attached hydrogens (tertiary/aromatic N) is 5. The van der Waals surface area contributed by atoms with Crippen molar-refractivity contribution in [2.45, 2.75) is 6.92 Å². The van der Waals surface area contributed by atoms with E-state index in [2.05, 4.69) is 20.2 Å². The average Bonchev–Trinajstić information content (AvgIpc) is 3.26. The summed E-state index contributed by atoms with van der Waals surface area (Å²) >= 11 is 0. The lowest BCUT2D eigenvalue weighted by atomic mass is 10.1. The van der Waals surface area contributed by atoms with Gasteiger partial charge in [0.15, 0.2) is 0 Å². The molecule has 2 aliphatic rings. The normalized spacial score (nSPS) is 11.0. The number of hydrogen-bond donors (Lipinski definition) is 1. The molecule has 1 N–H and O–H groups in total. The van der Waals surface area contributed by atoms with Gasteiger partial charge < -0.3 is 9.30 Å². The van der Waals surface area contributed by atoms with Crippen LogP contribution in [0.5, 0.6) is 0 Å². The monoisotopic (exact) mass is 350 g/mol. The van der Waals surface area contributed by atoms with E-state index in [9.17, 15) is 9.59 Å². The molecule has 0 fully saturated rings. The molecular formula is C17H14N6O3. The summed E-state index contributed by atoms with van der Waals surface area (Å²) in [5.74, 6) is 0.961. The second-order valence-electron chi connectivity index (χ2n) is 5.60. The van der Waals surface area contributed by atoms with Crippen molar-refractivity contribution in [3.63, 3.8) is 0 Å². The lowest BCUT2D eigenvalue weighted by Crippen LogP contribution is -2.11. The van der Waals surface area contributed by atoms with Crippen LogP contribution in [0.25, 0.3) is 22.8 Å². The first-order valence-corrected chi connectivity index (χ1v) is 7.74. The first kappa shape index (κ1) is 15.8.